The summed E-state index contributed by atoms with van der Waals surface area (Å²) in [6, 6.07) is 6.85. The predicted octanol–water partition coefficient (Wildman–Crippen LogP) is 4.36. The highest BCUT2D eigenvalue weighted by atomic mass is 16.5. The van der Waals surface area contributed by atoms with Gasteiger partial charge in [-0.2, -0.15) is 0 Å². The molecule has 0 N–H and O–H groups in total. The molecule has 1 fully saturated rings. The van der Waals surface area contributed by atoms with Crippen molar-refractivity contribution in [2.45, 2.75) is 63.8 Å². The van der Waals surface area contributed by atoms with Crippen molar-refractivity contribution in [3.8, 4) is 5.75 Å². The van der Waals surface area contributed by atoms with Crippen LogP contribution in [0.4, 0.5) is 0 Å². The van der Waals surface area contributed by atoms with Gasteiger partial charge in [0.25, 0.3) is 0 Å². The Morgan fingerprint density at radius 2 is 2.15 bits per heavy atom. The molecule has 26 heavy (non-hydrogen) atoms. The Hall–Kier alpha value is -1.81. The lowest BCUT2D eigenvalue weighted by atomic mass is 9.68. The minimum Gasteiger partial charge on any atom is -0.496 e. The van der Waals surface area contributed by atoms with E-state index in [0.29, 0.717) is 6.42 Å². The number of carbonyl (C=O) groups is 1. The van der Waals surface area contributed by atoms with Crippen LogP contribution in [0.15, 0.2) is 30.0 Å². The van der Waals surface area contributed by atoms with Crippen molar-refractivity contribution in [2.24, 2.45) is 0 Å². The Morgan fingerprint density at radius 3 is 2.85 bits per heavy atom. The number of carbonyl (C=O) groups excluding carboxylic acids is 1. The molecule has 0 radical (unpaired) electrons. The largest absolute Gasteiger partial charge is 0.496 e. The van der Waals surface area contributed by atoms with Crippen LogP contribution in [0.2, 0.25) is 0 Å². The number of allylic oxidation sites excluding steroid dienone is 1. The molecule has 1 aliphatic heterocycles. The molecular weight excluding hydrogens is 326 g/mol. The fourth-order valence-corrected chi connectivity index (χ4v) is 4.50. The third kappa shape index (κ3) is 3.52. The normalized spacial score (nSPS) is 25.5. The second-order valence-electron chi connectivity index (χ2n) is 7.73. The SMILES string of the molecule is CCCCC(=O)OC1=C[C@@H]2N(C)CC[C@]2(c2ccc(OC)c(C)c2)CC1. The second kappa shape index (κ2) is 7.83. The van der Waals surface area contributed by atoms with E-state index < -0.39 is 0 Å². The van der Waals surface area contributed by atoms with Gasteiger partial charge in [0.2, 0.25) is 0 Å². The van der Waals surface area contributed by atoms with Crippen molar-refractivity contribution in [3.63, 3.8) is 0 Å². The molecule has 1 aromatic carbocycles. The minimum atomic E-state index is -0.0912. The maximum Gasteiger partial charge on any atom is 0.310 e. The van der Waals surface area contributed by atoms with Crippen molar-refractivity contribution in [2.75, 3.05) is 20.7 Å². The van der Waals surface area contributed by atoms with Crippen LogP contribution in [-0.2, 0) is 14.9 Å². The number of fused-ring (bicyclic) bond motifs is 1. The number of methoxy groups -OCH3 is 1. The van der Waals surface area contributed by atoms with Crippen LogP contribution in [0.5, 0.6) is 5.75 Å². The van der Waals surface area contributed by atoms with E-state index in [1.165, 1.54) is 11.1 Å². The first-order valence-corrected chi connectivity index (χ1v) is 9.77. The molecule has 0 aromatic heterocycles. The Kier molecular flexibility index (Phi) is 5.71. The first-order valence-electron chi connectivity index (χ1n) is 9.77. The summed E-state index contributed by atoms with van der Waals surface area (Å²) in [4.78, 5) is 14.4. The molecule has 0 amide bonds. The van der Waals surface area contributed by atoms with Crippen molar-refractivity contribution in [3.05, 3.63) is 41.2 Å². The number of benzene rings is 1. The summed E-state index contributed by atoms with van der Waals surface area (Å²) >= 11 is 0. The third-order valence-electron chi connectivity index (χ3n) is 6.06. The maximum atomic E-state index is 12.0. The highest BCUT2D eigenvalue weighted by Gasteiger charge is 2.48. The molecule has 4 heteroatoms. The van der Waals surface area contributed by atoms with Crippen molar-refractivity contribution >= 4 is 5.97 Å². The maximum absolute atomic E-state index is 12.0. The summed E-state index contributed by atoms with van der Waals surface area (Å²) in [6.07, 6.45) is 7.59. The number of esters is 1. The third-order valence-corrected chi connectivity index (χ3v) is 6.06. The van der Waals surface area contributed by atoms with Gasteiger partial charge in [0.1, 0.15) is 11.5 Å². The van der Waals surface area contributed by atoms with Crippen LogP contribution in [0.3, 0.4) is 0 Å². The van der Waals surface area contributed by atoms with E-state index in [9.17, 15) is 4.79 Å². The fourth-order valence-electron chi connectivity index (χ4n) is 4.50. The number of likely N-dealkylation sites (N-methyl/N-ethyl adjacent to an activating group) is 1. The number of unbranched alkanes of at least 4 members (excludes halogenated alkanes) is 1. The summed E-state index contributed by atoms with van der Waals surface area (Å²) in [5.74, 6) is 1.70. The molecule has 1 saturated heterocycles. The number of ether oxygens (including phenoxy) is 2. The predicted molar refractivity (Wildman–Crippen MR) is 103 cm³/mol. The molecule has 1 aromatic rings. The lowest BCUT2D eigenvalue weighted by Crippen LogP contribution is -2.42. The zero-order valence-electron chi connectivity index (χ0n) is 16.5. The highest BCUT2D eigenvalue weighted by Crippen LogP contribution is 2.48. The summed E-state index contributed by atoms with van der Waals surface area (Å²) < 4.78 is 11.1. The van der Waals surface area contributed by atoms with Gasteiger partial charge in [-0.25, -0.2) is 0 Å². The lowest BCUT2D eigenvalue weighted by Gasteiger charge is -2.40. The Labute approximate surface area is 157 Å². The molecule has 142 valence electrons. The fraction of sp³-hybridized carbons (Fsp3) is 0.591. The van der Waals surface area contributed by atoms with E-state index >= 15 is 0 Å². The lowest BCUT2D eigenvalue weighted by molar-refractivity contribution is -0.140. The first-order chi connectivity index (χ1) is 12.5. The molecule has 1 heterocycles. The number of rotatable bonds is 6. The van der Waals surface area contributed by atoms with Crippen LogP contribution in [0.1, 0.15) is 56.6 Å². The summed E-state index contributed by atoms with van der Waals surface area (Å²) in [5.41, 5.74) is 2.65. The van der Waals surface area contributed by atoms with Gasteiger partial charge in [0, 0.05) is 24.3 Å². The van der Waals surface area contributed by atoms with Crippen LogP contribution >= 0.6 is 0 Å². The molecule has 3 rings (SSSR count). The molecule has 2 aliphatic rings. The van der Waals surface area contributed by atoms with Gasteiger partial charge in [-0.05, 0) is 63.0 Å². The zero-order chi connectivity index (χ0) is 18.7. The molecule has 0 unspecified atom stereocenters. The van der Waals surface area contributed by atoms with Gasteiger partial charge in [-0.15, -0.1) is 0 Å². The first kappa shape index (κ1) is 19.0. The Bertz CT molecular complexity index is 697. The monoisotopic (exact) mass is 357 g/mol. The van der Waals surface area contributed by atoms with Gasteiger partial charge in [-0.3, -0.25) is 9.69 Å². The Morgan fingerprint density at radius 1 is 1.35 bits per heavy atom. The average molecular weight is 357 g/mol. The quantitative estimate of drug-likeness (QED) is 0.709. The van der Waals surface area contributed by atoms with Crippen LogP contribution in [0, 0.1) is 6.92 Å². The molecule has 2 atom stereocenters. The van der Waals surface area contributed by atoms with Crippen molar-refractivity contribution in [1.82, 2.24) is 4.90 Å². The van der Waals surface area contributed by atoms with Gasteiger partial charge in [0.15, 0.2) is 0 Å². The number of hydrogen-bond acceptors (Lipinski definition) is 4. The molecule has 0 bridgehead atoms. The molecule has 0 spiro atoms. The highest BCUT2D eigenvalue weighted by molar-refractivity contribution is 5.70. The zero-order valence-corrected chi connectivity index (χ0v) is 16.5. The smallest absolute Gasteiger partial charge is 0.310 e. The molecule has 4 nitrogen and oxygen atoms in total. The van der Waals surface area contributed by atoms with E-state index in [0.717, 1.165) is 50.2 Å². The molecular formula is C22H31NO3. The van der Waals surface area contributed by atoms with Crippen LogP contribution in [-0.4, -0.2) is 37.6 Å². The van der Waals surface area contributed by atoms with Gasteiger partial charge >= 0.3 is 5.97 Å². The topological polar surface area (TPSA) is 38.8 Å². The van der Waals surface area contributed by atoms with Crippen molar-refractivity contribution < 1.29 is 14.3 Å². The van der Waals surface area contributed by atoms with E-state index in [1.54, 1.807) is 7.11 Å². The molecule has 0 saturated carbocycles. The van der Waals surface area contributed by atoms with E-state index in [2.05, 4.69) is 50.1 Å². The number of aryl methyl sites for hydroxylation is 1. The van der Waals surface area contributed by atoms with Gasteiger partial charge < -0.3 is 9.47 Å². The van der Waals surface area contributed by atoms with Crippen LogP contribution < -0.4 is 4.74 Å². The van der Waals surface area contributed by atoms with Crippen molar-refractivity contribution in [1.29, 1.82) is 0 Å². The van der Waals surface area contributed by atoms with E-state index in [1.807, 2.05) is 0 Å². The average Bonchev–Trinajstić information content (AvgIpc) is 2.97. The number of likely N-dealkylation sites (tertiary alicyclic amines) is 1. The van der Waals surface area contributed by atoms with Gasteiger partial charge in [-0.1, -0.05) is 25.5 Å². The summed E-state index contributed by atoms with van der Waals surface area (Å²) in [7, 11) is 3.89. The van der Waals surface area contributed by atoms with E-state index in [-0.39, 0.29) is 17.4 Å². The summed E-state index contributed by atoms with van der Waals surface area (Å²) in [5, 5.41) is 0. The standard InChI is InChI=1S/C22H31NO3/c1-5-6-7-21(24)26-18-10-11-22(12-13-23(3)20(22)15-18)17-8-9-19(25-4)16(2)14-17/h8-9,14-15,20H,5-7,10-13H2,1-4H3/t20-,22-/m0/s1. The summed E-state index contributed by atoms with van der Waals surface area (Å²) in [6.45, 7) is 5.25. The Balaban J connectivity index is 1.85. The van der Waals surface area contributed by atoms with E-state index in [4.69, 9.17) is 9.47 Å². The van der Waals surface area contributed by atoms with Gasteiger partial charge in [0.05, 0.1) is 7.11 Å². The van der Waals surface area contributed by atoms with Crippen LogP contribution in [0.25, 0.3) is 0 Å². The second-order valence-corrected chi connectivity index (χ2v) is 7.73. The number of nitrogens with zero attached hydrogens (tertiary/aromatic N) is 1. The number of hydrogen-bond donors (Lipinski definition) is 0. The molecule has 1 aliphatic carbocycles. The minimum absolute atomic E-state index is 0.0912.